The Morgan fingerprint density at radius 3 is 2.64 bits per heavy atom. The van der Waals surface area contributed by atoms with Gasteiger partial charge in [0.2, 0.25) is 0 Å². The molecule has 0 saturated heterocycles. The van der Waals surface area contributed by atoms with Crippen LogP contribution in [0.1, 0.15) is 10.4 Å². The number of para-hydroxylation sites is 1. The van der Waals surface area contributed by atoms with Gasteiger partial charge in [-0.1, -0.05) is 18.2 Å². The summed E-state index contributed by atoms with van der Waals surface area (Å²) in [6, 6.07) is 12.4. The predicted molar refractivity (Wildman–Crippen MR) is 91.3 cm³/mol. The number of hydrogen-bond donors (Lipinski definition) is 1. The second-order valence-electron chi connectivity index (χ2n) is 5.19. The van der Waals surface area contributed by atoms with Crippen LogP contribution in [0.3, 0.4) is 0 Å². The van der Waals surface area contributed by atoms with E-state index in [1.807, 2.05) is 0 Å². The van der Waals surface area contributed by atoms with Crippen molar-refractivity contribution in [3.05, 3.63) is 59.9 Å². The summed E-state index contributed by atoms with van der Waals surface area (Å²) in [5.74, 6) is -0.270. The van der Waals surface area contributed by atoms with E-state index in [9.17, 15) is 14.0 Å². The first-order chi connectivity index (χ1) is 12.0. The highest BCUT2D eigenvalue weighted by Crippen LogP contribution is 2.17. The fourth-order valence-corrected chi connectivity index (χ4v) is 2.10. The van der Waals surface area contributed by atoms with Gasteiger partial charge in [0.25, 0.3) is 5.91 Å². The van der Waals surface area contributed by atoms with E-state index in [-0.39, 0.29) is 18.3 Å². The summed E-state index contributed by atoms with van der Waals surface area (Å²) < 4.78 is 23.1. The summed E-state index contributed by atoms with van der Waals surface area (Å²) in [4.78, 5) is 25.4. The number of carbonyl (C=O) groups excluding carboxylic acids is 2. The topological polar surface area (TPSA) is 67.9 Å². The molecule has 132 valence electrons. The first-order valence-corrected chi connectivity index (χ1v) is 7.59. The molecule has 0 aliphatic carbocycles. The van der Waals surface area contributed by atoms with Crippen LogP contribution in [0.25, 0.3) is 0 Å². The number of benzene rings is 2. The van der Waals surface area contributed by atoms with Crippen LogP contribution in [0.5, 0.6) is 5.75 Å². The number of amides is 2. The molecule has 2 aromatic rings. The lowest BCUT2D eigenvalue weighted by molar-refractivity contribution is 0.0774. The van der Waals surface area contributed by atoms with Gasteiger partial charge in [-0.25, -0.2) is 9.18 Å². The van der Waals surface area contributed by atoms with Crippen LogP contribution in [-0.2, 0) is 4.74 Å². The summed E-state index contributed by atoms with van der Waals surface area (Å²) in [6.45, 7) is 0.500. The van der Waals surface area contributed by atoms with Crippen LogP contribution in [0.15, 0.2) is 48.5 Å². The first-order valence-electron chi connectivity index (χ1n) is 7.59. The van der Waals surface area contributed by atoms with E-state index >= 15 is 0 Å². The third-order valence-electron chi connectivity index (χ3n) is 3.42. The Kier molecular flexibility index (Phi) is 6.33. The van der Waals surface area contributed by atoms with Crippen LogP contribution in [0.4, 0.5) is 14.9 Å². The number of halogens is 1. The Hall–Kier alpha value is -3.09. The lowest BCUT2D eigenvalue weighted by Gasteiger charge is -2.19. The average Bonchev–Trinajstić information content (AvgIpc) is 2.61. The molecule has 0 radical (unpaired) electrons. The highest BCUT2D eigenvalue weighted by atomic mass is 19.1. The summed E-state index contributed by atoms with van der Waals surface area (Å²) in [5.41, 5.74) is 0.693. The number of nitrogens with zero attached hydrogens (tertiary/aromatic N) is 1. The molecule has 0 unspecified atom stereocenters. The molecule has 0 aliphatic rings. The maximum atomic E-state index is 13.1. The predicted octanol–water partition coefficient (Wildman–Crippen LogP) is 3.16. The number of likely N-dealkylation sites (N-methyl/N-ethyl adjacent to an activating group) is 1. The van der Waals surface area contributed by atoms with Gasteiger partial charge >= 0.3 is 6.09 Å². The third kappa shape index (κ3) is 5.20. The maximum absolute atomic E-state index is 13.1. The lowest BCUT2D eigenvalue weighted by Crippen LogP contribution is -2.31. The Morgan fingerprint density at radius 2 is 1.92 bits per heavy atom. The molecule has 25 heavy (non-hydrogen) atoms. The van der Waals surface area contributed by atoms with E-state index in [2.05, 4.69) is 10.1 Å². The zero-order valence-electron chi connectivity index (χ0n) is 14.0. The van der Waals surface area contributed by atoms with Crippen molar-refractivity contribution in [1.29, 1.82) is 0 Å². The quantitative estimate of drug-likeness (QED) is 0.872. The van der Waals surface area contributed by atoms with E-state index in [1.165, 1.54) is 24.1 Å². The largest absolute Gasteiger partial charge is 0.492 e. The van der Waals surface area contributed by atoms with Crippen molar-refractivity contribution >= 4 is 17.7 Å². The molecule has 0 saturated carbocycles. The molecule has 2 rings (SSSR count). The van der Waals surface area contributed by atoms with Crippen LogP contribution < -0.4 is 10.1 Å². The summed E-state index contributed by atoms with van der Waals surface area (Å²) in [6.07, 6.45) is -0.655. The van der Waals surface area contributed by atoms with Gasteiger partial charge in [0.15, 0.2) is 0 Å². The van der Waals surface area contributed by atoms with Crippen LogP contribution >= 0.6 is 0 Å². The van der Waals surface area contributed by atoms with Crippen molar-refractivity contribution in [1.82, 2.24) is 4.90 Å². The van der Waals surface area contributed by atoms with Crippen molar-refractivity contribution in [3.63, 3.8) is 0 Å². The lowest BCUT2D eigenvalue weighted by atomic mass is 10.1. The highest BCUT2D eigenvalue weighted by Gasteiger charge is 2.17. The van der Waals surface area contributed by atoms with Gasteiger partial charge in [-0.15, -0.1) is 0 Å². The SMILES string of the molecule is COC(=O)Nc1ccccc1C(=O)N(C)CCOc1cccc(F)c1. The molecule has 2 amide bonds. The van der Waals surface area contributed by atoms with Gasteiger partial charge in [0, 0.05) is 13.1 Å². The van der Waals surface area contributed by atoms with Crippen molar-refractivity contribution < 1.29 is 23.5 Å². The molecule has 7 heteroatoms. The molecule has 2 aromatic carbocycles. The van der Waals surface area contributed by atoms with Crippen molar-refractivity contribution in [2.24, 2.45) is 0 Å². The molecule has 0 bridgehead atoms. The normalized spacial score (nSPS) is 10.0. The summed E-state index contributed by atoms with van der Waals surface area (Å²) >= 11 is 0. The second-order valence-corrected chi connectivity index (χ2v) is 5.19. The summed E-state index contributed by atoms with van der Waals surface area (Å²) in [7, 11) is 2.86. The van der Waals surface area contributed by atoms with Crippen LogP contribution in [-0.4, -0.2) is 44.2 Å². The Bertz CT molecular complexity index is 751. The maximum Gasteiger partial charge on any atom is 0.411 e. The van der Waals surface area contributed by atoms with Crippen LogP contribution in [0.2, 0.25) is 0 Å². The number of hydrogen-bond acceptors (Lipinski definition) is 4. The van der Waals surface area contributed by atoms with E-state index in [4.69, 9.17) is 4.74 Å². The van der Waals surface area contributed by atoms with Gasteiger partial charge in [-0.05, 0) is 24.3 Å². The minimum Gasteiger partial charge on any atom is -0.492 e. The molecule has 0 fully saturated rings. The van der Waals surface area contributed by atoms with Gasteiger partial charge in [0.1, 0.15) is 18.2 Å². The van der Waals surface area contributed by atoms with E-state index < -0.39 is 6.09 Å². The summed E-state index contributed by atoms with van der Waals surface area (Å²) in [5, 5.41) is 2.50. The molecular weight excluding hydrogens is 327 g/mol. The minimum atomic E-state index is -0.655. The van der Waals surface area contributed by atoms with Gasteiger partial charge < -0.3 is 14.4 Å². The molecular formula is C18H19FN2O4. The van der Waals surface area contributed by atoms with Gasteiger partial charge in [0.05, 0.1) is 24.9 Å². The molecule has 6 nitrogen and oxygen atoms in total. The van der Waals surface area contributed by atoms with Crippen molar-refractivity contribution in [2.45, 2.75) is 0 Å². The molecule has 0 aliphatic heterocycles. The fraction of sp³-hybridized carbons (Fsp3) is 0.222. The van der Waals surface area contributed by atoms with Gasteiger partial charge in [-0.3, -0.25) is 10.1 Å². The average molecular weight is 346 g/mol. The second kappa shape index (κ2) is 8.68. The zero-order valence-corrected chi connectivity index (χ0v) is 14.0. The molecule has 0 heterocycles. The molecule has 0 atom stereocenters. The van der Waals surface area contributed by atoms with Gasteiger partial charge in [-0.2, -0.15) is 0 Å². The smallest absolute Gasteiger partial charge is 0.411 e. The first kappa shape index (κ1) is 18.3. The number of methoxy groups -OCH3 is 1. The molecule has 0 aromatic heterocycles. The van der Waals surface area contributed by atoms with Crippen molar-refractivity contribution in [2.75, 3.05) is 32.6 Å². The molecule has 0 spiro atoms. The zero-order chi connectivity index (χ0) is 18.2. The van der Waals surface area contributed by atoms with Crippen molar-refractivity contribution in [3.8, 4) is 5.75 Å². The highest BCUT2D eigenvalue weighted by molar-refractivity contribution is 6.02. The molecule has 1 N–H and O–H groups in total. The number of anilines is 1. The standard InChI is InChI=1S/C18H19FN2O4/c1-21(10-11-25-14-7-5-6-13(19)12-14)17(22)15-8-3-4-9-16(15)20-18(23)24-2/h3-9,12H,10-11H2,1-2H3,(H,20,23). The van der Waals surface area contributed by atoms with E-state index in [1.54, 1.807) is 43.4 Å². The van der Waals surface area contributed by atoms with E-state index in [0.29, 0.717) is 23.5 Å². The number of ether oxygens (including phenoxy) is 2. The Labute approximate surface area is 145 Å². The van der Waals surface area contributed by atoms with E-state index in [0.717, 1.165) is 0 Å². The third-order valence-corrected chi connectivity index (χ3v) is 3.42. The number of nitrogens with one attached hydrogen (secondary N) is 1. The number of rotatable bonds is 6. The monoisotopic (exact) mass is 346 g/mol. The number of carbonyl (C=O) groups is 2. The Balaban J connectivity index is 1.96. The van der Waals surface area contributed by atoms with Crippen LogP contribution in [0, 0.1) is 5.82 Å². The Morgan fingerprint density at radius 1 is 1.16 bits per heavy atom. The minimum absolute atomic E-state index is 0.207. The fourth-order valence-electron chi connectivity index (χ4n) is 2.10.